The van der Waals surface area contributed by atoms with E-state index in [1.807, 2.05) is 30.6 Å². The minimum absolute atomic E-state index is 0.648. The van der Waals surface area contributed by atoms with Crippen molar-refractivity contribution in [2.75, 3.05) is 18.0 Å². The predicted octanol–water partition coefficient (Wildman–Crippen LogP) is 2.96. The third-order valence-electron chi connectivity index (χ3n) is 4.46. The SMILES string of the molecule is c1ccc(Sc2ccc(N3CCC4CCC(C3)N4)cn2)nc1. The fraction of sp³-hybridized carbons (Fsp3) is 0.412. The molecule has 22 heavy (non-hydrogen) atoms. The number of pyridine rings is 2. The minimum Gasteiger partial charge on any atom is -0.369 e. The lowest BCUT2D eigenvalue weighted by molar-refractivity contribution is 0.563. The van der Waals surface area contributed by atoms with Gasteiger partial charge >= 0.3 is 0 Å². The van der Waals surface area contributed by atoms with Crippen molar-refractivity contribution >= 4 is 17.4 Å². The number of nitrogens with one attached hydrogen (secondary N) is 1. The van der Waals surface area contributed by atoms with Gasteiger partial charge in [-0.2, -0.15) is 0 Å². The molecule has 0 spiro atoms. The average molecular weight is 312 g/mol. The van der Waals surface area contributed by atoms with Crippen LogP contribution in [0.2, 0.25) is 0 Å². The van der Waals surface area contributed by atoms with Crippen molar-refractivity contribution in [2.24, 2.45) is 0 Å². The molecule has 0 aromatic carbocycles. The number of fused-ring (bicyclic) bond motifs is 2. The molecule has 2 saturated heterocycles. The maximum Gasteiger partial charge on any atom is 0.102 e. The van der Waals surface area contributed by atoms with Crippen molar-refractivity contribution in [1.29, 1.82) is 0 Å². The molecule has 1 N–H and O–H groups in total. The average Bonchev–Trinajstić information content (AvgIpc) is 2.89. The van der Waals surface area contributed by atoms with E-state index in [1.54, 1.807) is 11.8 Å². The van der Waals surface area contributed by atoms with E-state index in [1.165, 1.54) is 24.9 Å². The van der Waals surface area contributed by atoms with E-state index in [4.69, 9.17) is 0 Å². The summed E-state index contributed by atoms with van der Waals surface area (Å²) in [6, 6.07) is 11.6. The molecule has 2 fully saturated rings. The third kappa shape index (κ3) is 3.10. The van der Waals surface area contributed by atoms with Crippen LogP contribution >= 0.6 is 11.8 Å². The van der Waals surface area contributed by atoms with E-state index in [-0.39, 0.29) is 0 Å². The van der Waals surface area contributed by atoms with Gasteiger partial charge in [-0.25, -0.2) is 9.97 Å². The van der Waals surface area contributed by atoms with Gasteiger partial charge < -0.3 is 10.2 Å². The van der Waals surface area contributed by atoms with Gasteiger partial charge in [-0.05, 0) is 43.5 Å². The summed E-state index contributed by atoms with van der Waals surface area (Å²) in [4.78, 5) is 11.4. The van der Waals surface area contributed by atoms with Gasteiger partial charge in [-0.3, -0.25) is 0 Å². The van der Waals surface area contributed by atoms with Gasteiger partial charge in [0.25, 0.3) is 0 Å². The summed E-state index contributed by atoms with van der Waals surface area (Å²) >= 11 is 1.61. The maximum atomic E-state index is 4.60. The van der Waals surface area contributed by atoms with E-state index in [0.29, 0.717) is 6.04 Å². The molecule has 0 saturated carbocycles. The molecule has 5 heteroatoms. The van der Waals surface area contributed by atoms with Crippen molar-refractivity contribution in [2.45, 2.75) is 41.4 Å². The van der Waals surface area contributed by atoms with Crippen molar-refractivity contribution in [3.05, 3.63) is 42.7 Å². The third-order valence-corrected chi connectivity index (χ3v) is 5.36. The summed E-state index contributed by atoms with van der Waals surface area (Å²) in [6.45, 7) is 2.23. The van der Waals surface area contributed by atoms with Crippen molar-refractivity contribution in [3.63, 3.8) is 0 Å². The molecule has 0 aliphatic carbocycles. The Morgan fingerprint density at radius 1 is 1.00 bits per heavy atom. The fourth-order valence-electron chi connectivity index (χ4n) is 3.31. The molecule has 4 nitrogen and oxygen atoms in total. The molecule has 4 rings (SSSR count). The van der Waals surface area contributed by atoms with Gasteiger partial charge in [0.2, 0.25) is 0 Å². The lowest BCUT2D eigenvalue weighted by Gasteiger charge is -2.26. The van der Waals surface area contributed by atoms with Gasteiger partial charge in [-0.1, -0.05) is 17.8 Å². The number of anilines is 1. The summed E-state index contributed by atoms with van der Waals surface area (Å²) in [6.07, 6.45) is 7.71. The molecule has 2 atom stereocenters. The predicted molar refractivity (Wildman–Crippen MR) is 89.4 cm³/mol. The highest BCUT2D eigenvalue weighted by Gasteiger charge is 2.29. The Morgan fingerprint density at radius 3 is 2.73 bits per heavy atom. The standard InChI is InChI=1S/C17H20N4S/c1-2-9-18-16(3-1)22-17-7-6-15(11-19-17)21-10-8-13-4-5-14(12-21)20-13/h1-3,6-7,9,11,13-14,20H,4-5,8,10,12H2. The summed E-state index contributed by atoms with van der Waals surface area (Å²) in [5.74, 6) is 0. The van der Waals surface area contributed by atoms with E-state index in [0.717, 1.165) is 29.2 Å². The van der Waals surface area contributed by atoms with E-state index in [2.05, 4.69) is 32.3 Å². The number of nitrogens with zero attached hydrogens (tertiary/aromatic N) is 3. The molecule has 2 aromatic rings. The molecule has 4 heterocycles. The monoisotopic (exact) mass is 312 g/mol. The highest BCUT2D eigenvalue weighted by atomic mass is 32.2. The van der Waals surface area contributed by atoms with Crippen LogP contribution in [-0.4, -0.2) is 35.1 Å². The maximum absolute atomic E-state index is 4.60. The summed E-state index contributed by atoms with van der Waals surface area (Å²) in [5.41, 5.74) is 1.24. The molecule has 114 valence electrons. The number of hydrogen-bond acceptors (Lipinski definition) is 5. The van der Waals surface area contributed by atoms with Crippen LogP contribution in [-0.2, 0) is 0 Å². The largest absolute Gasteiger partial charge is 0.369 e. The highest BCUT2D eigenvalue weighted by molar-refractivity contribution is 7.99. The number of rotatable bonds is 3. The second kappa shape index (κ2) is 6.26. The second-order valence-electron chi connectivity index (χ2n) is 6.00. The van der Waals surface area contributed by atoms with Crippen LogP contribution in [0.4, 0.5) is 5.69 Å². The fourth-order valence-corrected chi connectivity index (χ4v) is 4.03. The Hall–Kier alpha value is -1.59. The normalized spacial score (nSPS) is 24.3. The first-order valence-electron chi connectivity index (χ1n) is 7.93. The quantitative estimate of drug-likeness (QED) is 0.943. The van der Waals surface area contributed by atoms with Crippen LogP contribution in [0.5, 0.6) is 0 Å². The number of hydrogen-bond donors (Lipinski definition) is 1. The van der Waals surface area contributed by atoms with Crippen molar-refractivity contribution in [1.82, 2.24) is 15.3 Å². The van der Waals surface area contributed by atoms with Crippen LogP contribution in [0.15, 0.2) is 52.8 Å². The zero-order chi connectivity index (χ0) is 14.8. The zero-order valence-electron chi connectivity index (χ0n) is 12.5. The second-order valence-corrected chi connectivity index (χ2v) is 7.04. The molecule has 2 unspecified atom stereocenters. The smallest absolute Gasteiger partial charge is 0.102 e. The van der Waals surface area contributed by atoms with Gasteiger partial charge in [0.1, 0.15) is 10.1 Å². The summed E-state index contributed by atoms with van der Waals surface area (Å²) < 4.78 is 0. The molecule has 0 radical (unpaired) electrons. The summed E-state index contributed by atoms with van der Waals surface area (Å²) in [5, 5.41) is 5.70. The van der Waals surface area contributed by atoms with Gasteiger partial charge in [-0.15, -0.1) is 0 Å². The van der Waals surface area contributed by atoms with Crippen LogP contribution in [0.3, 0.4) is 0 Å². The first-order valence-corrected chi connectivity index (χ1v) is 8.74. The lowest BCUT2D eigenvalue weighted by atomic mass is 10.1. The van der Waals surface area contributed by atoms with E-state index < -0.39 is 0 Å². The first-order chi connectivity index (χ1) is 10.9. The van der Waals surface area contributed by atoms with Crippen LogP contribution in [0.1, 0.15) is 19.3 Å². The molecular formula is C17H20N4S. The van der Waals surface area contributed by atoms with Crippen molar-refractivity contribution in [3.8, 4) is 0 Å². The molecule has 2 aliphatic heterocycles. The Bertz CT molecular complexity index is 616. The Labute approximate surface area is 135 Å². The van der Waals surface area contributed by atoms with Gasteiger partial charge in [0, 0.05) is 31.4 Å². The topological polar surface area (TPSA) is 41.0 Å². The molecule has 2 bridgehead atoms. The van der Waals surface area contributed by atoms with Crippen LogP contribution in [0.25, 0.3) is 0 Å². The van der Waals surface area contributed by atoms with E-state index in [9.17, 15) is 0 Å². The minimum atomic E-state index is 0.648. The molecule has 2 aliphatic rings. The molecule has 2 aromatic heterocycles. The van der Waals surface area contributed by atoms with Gasteiger partial charge in [0.15, 0.2) is 0 Å². The van der Waals surface area contributed by atoms with Gasteiger partial charge in [0.05, 0.1) is 11.9 Å². The Balaban J connectivity index is 1.45. The Kier molecular flexibility index (Phi) is 3.99. The molecular weight excluding hydrogens is 292 g/mol. The van der Waals surface area contributed by atoms with Crippen molar-refractivity contribution < 1.29 is 0 Å². The lowest BCUT2D eigenvalue weighted by Crippen LogP contribution is -2.35. The number of aromatic nitrogens is 2. The first kappa shape index (κ1) is 14.0. The van der Waals surface area contributed by atoms with Crippen LogP contribution < -0.4 is 10.2 Å². The zero-order valence-corrected chi connectivity index (χ0v) is 13.3. The summed E-state index contributed by atoms with van der Waals surface area (Å²) in [7, 11) is 0. The van der Waals surface area contributed by atoms with Crippen LogP contribution in [0, 0.1) is 0 Å². The Morgan fingerprint density at radius 2 is 1.91 bits per heavy atom. The molecule has 0 amide bonds. The van der Waals surface area contributed by atoms with E-state index >= 15 is 0 Å². The highest BCUT2D eigenvalue weighted by Crippen LogP contribution is 2.27.